The van der Waals surface area contributed by atoms with E-state index in [1.54, 1.807) is 0 Å². The van der Waals surface area contributed by atoms with Crippen LogP contribution in [0.25, 0.3) is 49.7 Å². The van der Waals surface area contributed by atoms with Crippen LogP contribution in [-0.2, 0) is 0 Å². The monoisotopic (exact) mass is 352 g/mol. The molecule has 2 aromatic carbocycles. The summed E-state index contributed by atoms with van der Waals surface area (Å²) >= 11 is 7.66. The molecule has 6 aromatic rings. The second-order valence-electron chi connectivity index (χ2n) is 5.43. The van der Waals surface area contributed by atoms with Gasteiger partial charge < -0.3 is 0 Å². The molecule has 0 radical (unpaired) electrons. The lowest BCUT2D eigenvalue weighted by atomic mass is 10.1. The summed E-state index contributed by atoms with van der Waals surface area (Å²) in [5, 5.41) is 11.5. The van der Waals surface area contributed by atoms with E-state index in [2.05, 4.69) is 47.2 Å². The molecular weight excluding hydrogens is 344 g/mol. The largest absolute Gasteiger partial charge is 0.142 e. The third-order valence-electron chi connectivity index (χ3n) is 4.28. The molecule has 4 heterocycles. The fraction of sp³-hybridized carbons (Fsp3) is 0. The molecule has 6 rings (SSSR count). The average molecular weight is 353 g/mol. The molecule has 0 saturated heterocycles. The Balaban J connectivity index is 1.92. The molecule has 0 fully saturated rings. The molecule has 0 aliphatic heterocycles. The highest BCUT2D eigenvalue weighted by Gasteiger charge is 2.16. The van der Waals surface area contributed by atoms with E-state index in [1.807, 2.05) is 45.3 Å². The molecule has 0 unspecified atom stereocenters. The van der Waals surface area contributed by atoms with Gasteiger partial charge in [-0.1, -0.05) is 24.3 Å². The van der Waals surface area contributed by atoms with Gasteiger partial charge >= 0.3 is 0 Å². The molecule has 0 aliphatic rings. The lowest BCUT2D eigenvalue weighted by Crippen LogP contribution is -1.68. The van der Waals surface area contributed by atoms with Crippen molar-refractivity contribution in [1.82, 2.24) is 0 Å². The van der Waals surface area contributed by atoms with Gasteiger partial charge in [-0.3, -0.25) is 0 Å². The number of fused-ring (bicyclic) bond motifs is 9. The SMILES string of the molecule is c1cc2ccc3c(sc4sc5c(ccc6ccsc65)c43)c2s1. The summed E-state index contributed by atoms with van der Waals surface area (Å²) in [6.07, 6.45) is 0. The van der Waals surface area contributed by atoms with Crippen LogP contribution in [0.2, 0.25) is 0 Å². The standard InChI is InChI=1S/C18H8S4/c1-3-11-13-12-4-2-10-6-8-20-15(10)17(12)22-18(13)21-16(11)14-9(1)5-7-19-14/h1-8H. The summed E-state index contributed by atoms with van der Waals surface area (Å²) in [6.45, 7) is 0. The molecule has 104 valence electrons. The van der Waals surface area contributed by atoms with Crippen molar-refractivity contribution in [2.75, 3.05) is 0 Å². The Kier molecular flexibility index (Phi) is 2.23. The first kappa shape index (κ1) is 12.0. The Labute approximate surface area is 141 Å². The molecular formula is C18H8S4. The first-order valence-electron chi connectivity index (χ1n) is 7.01. The van der Waals surface area contributed by atoms with E-state index in [0.717, 1.165) is 0 Å². The van der Waals surface area contributed by atoms with Gasteiger partial charge in [-0.15, -0.1) is 45.3 Å². The Hall–Kier alpha value is -1.46. The van der Waals surface area contributed by atoms with Crippen LogP contribution in [-0.4, -0.2) is 0 Å². The van der Waals surface area contributed by atoms with E-state index >= 15 is 0 Å². The predicted octanol–water partition coefficient (Wildman–Crippen LogP) is 7.70. The van der Waals surface area contributed by atoms with E-state index in [9.17, 15) is 0 Å². The zero-order valence-corrected chi connectivity index (χ0v) is 14.5. The van der Waals surface area contributed by atoms with Crippen LogP contribution >= 0.6 is 45.3 Å². The first-order chi connectivity index (χ1) is 10.9. The van der Waals surface area contributed by atoms with Crippen molar-refractivity contribution in [2.24, 2.45) is 0 Å². The van der Waals surface area contributed by atoms with Crippen molar-refractivity contribution in [3.63, 3.8) is 0 Å². The van der Waals surface area contributed by atoms with Gasteiger partial charge in [-0.2, -0.15) is 0 Å². The van der Waals surface area contributed by atoms with Crippen molar-refractivity contribution in [1.29, 1.82) is 0 Å². The van der Waals surface area contributed by atoms with Gasteiger partial charge in [-0.05, 0) is 33.7 Å². The topological polar surface area (TPSA) is 0 Å². The minimum atomic E-state index is 1.37. The average Bonchev–Trinajstić information content (AvgIpc) is 3.27. The van der Waals surface area contributed by atoms with Gasteiger partial charge in [0.15, 0.2) is 0 Å². The van der Waals surface area contributed by atoms with Crippen LogP contribution in [0.15, 0.2) is 47.2 Å². The fourth-order valence-corrected chi connectivity index (χ4v) is 8.16. The Morgan fingerprint density at radius 1 is 0.545 bits per heavy atom. The second-order valence-corrected chi connectivity index (χ2v) is 9.56. The van der Waals surface area contributed by atoms with Gasteiger partial charge in [0.05, 0.1) is 22.8 Å². The molecule has 0 aliphatic carbocycles. The van der Waals surface area contributed by atoms with Crippen molar-refractivity contribution in [2.45, 2.75) is 0 Å². The summed E-state index contributed by atoms with van der Waals surface area (Å²) in [4.78, 5) is 0. The molecule has 0 N–H and O–H groups in total. The molecule has 0 saturated carbocycles. The molecule has 4 aromatic heterocycles. The highest BCUT2D eigenvalue weighted by atomic mass is 32.2. The summed E-state index contributed by atoms with van der Waals surface area (Å²) in [6, 6.07) is 13.6. The Morgan fingerprint density at radius 3 is 1.64 bits per heavy atom. The van der Waals surface area contributed by atoms with E-state index in [0.29, 0.717) is 0 Å². The smallest absolute Gasteiger partial charge is 0.0891 e. The number of hydrogen-bond donors (Lipinski definition) is 0. The van der Waals surface area contributed by atoms with Gasteiger partial charge in [0.25, 0.3) is 0 Å². The van der Waals surface area contributed by atoms with E-state index in [4.69, 9.17) is 0 Å². The van der Waals surface area contributed by atoms with Gasteiger partial charge in [0, 0.05) is 16.2 Å². The quantitative estimate of drug-likeness (QED) is 0.263. The third-order valence-corrected chi connectivity index (χ3v) is 8.97. The number of rotatable bonds is 0. The molecule has 4 heteroatoms. The lowest BCUT2D eigenvalue weighted by Gasteiger charge is -1.96. The maximum atomic E-state index is 2.31. The molecule has 0 bridgehead atoms. The molecule has 0 spiro atoms. The molecule has 0 nitrogen and oxygen atoms in total. The van der Waals surface area contributed by atoms with Crippen LogP contribution in [0.4, 0.5) is 0 Å². The Morgan fingerprint density at radius 2 is 1.09 bits per heavy atom. The summed E-state index contributed by atoms with van der Waals surface area (Å²) in [5.41, 5.74) is 0. The van der Waals surface area contributed by atoms with Crippen molar-refractivity contribution in [3.05, 3.63) is 47.2 Å². The van der Waals surface area contributed by atoms with E-state index in [-0.39, 0.29) is 0 Å². The molecule has 0 amide bonds. The van der Waals surface area contributed by atoms with E-state index < -0.39 is 0 Å². The van der Waals surface area contributed by atoms with Crippen LogP contribution < -0.4 is 0 Å². The highest BCUT2D eigenvalue weighted by molar-refractivity contribution is 7.46. The van der Waals surface area contributed by atoms with Crippen LogP contribution in [0, 0.1) is 0 Å². The molecule has 22 heavy (non-hydrogen) atoms. The highest BCUT2D eigenvalue weighted by Crippen LogP contribution is 2.49. The maximum Gasteiger partial charge on any atom is 0.0891 e. The minimum absolute atomic E-state index is 1.37. The first-order valence-corrected chi connectivity index (χ1v) is 10.4. The van der Waals surface area contributed by atoms with Crippen LogP contribution in [0.3, 0.4) is 0 Å². The zero-order chi connectivity index (χ0) is 14.3. The second kappa shape index (κ2) is 4.09. The predicted molar refractivity (Wildman–Crippen MR) is 105 cm³/mol. The fourth-order valence-electron chi connectivity index (χ4n) is 3.28. The number of thiophene rings is 4. The van der Waals surface area contributed by atoms with Crippen molar-refractivity contribution < 1.29 is 0 Å². The van der Waals surface area contributed by atoms with Crippen molar-refractivity contribution >= 4 is 95.1 Å². The maximum absolute atomic E-state index is 2.31. The van der Waals surface area contributed by atoms with E-state index in [1.165, 1.54) is 49.7 Å². The summed E-state index contributed by atoms with van der Waals surface area (Å²) in [5.74, 6) is 0. The molecule has 0 atom stereocenters. The lowest BCUT2D eigenvalue weighted by molar-refractivity contribution is 1.99. The minimum Gasteiger partial charge on any atom is -0.142 e. The summed E-state index contributed by atoms with van der Waals surface area (Å²) < 4.78 is 7.27. The summed E-state index contributed by atoms with van der Waals surface area (Å²) in [7, 11) is 0. The van der Waals surface area contributed by atoms with Gasteiger partial charge in [-0.25, -0.2) is 0 Å². The Bertz CT molecular complexity index is 1220. The number of hydrogen-bond acceptors (Lipinski definition) is 4. The third kappa shape index (κ3) is 1.37. The van der Waals surface area contributed by atoms with Crippen LogP contribution in [0.1, 0.15) is 0 Å². The van der Waals surface area contributed by atoms with Gasteiger partial charge in [0.2, 0.25) is 0 Å². The number of benzene rings is 2. The van der Waals surface area contributed by atoms with Crippen LogP contribution in [0.5, 0.6) is 0 Å². The van der Waals surface area contributed by atoms with Gasteiger partial charge in [0.1, 0.15) is 0 Å². The zero-order valence-electron chi connectivity index (χ0n) is 11.3. The van der Waals surface area contributed by atoms with Crippen molar-refractivity contribution in [3.8, 4) is 0 Å². The normalized spacial score (nSPS) is 12.5.